The lowest BCUT2D eigenvalue weighted by molar-refractivity contribution is -0.191. The summed E-state index contributed by atoms with van der Waals surface area (Å²) in [5.41, 5.74) is 0.375. The van der Waals surface area contributed by atoms with Gasteiger partial charge in [0.2, 0.25) is 0 Å². The third-order valence-corrected chi connectivity index (χ3v) is 8.39. The van der Waals surface area contributed by atoms with Crippen LogP contribution in [0.1, 0.15) is 62.4 Å². The summed E-state index contributed by atoms with van der Waals surface area (Å²) in [6.45, 7) is 16.3. The van der Waals surface area contributed by atoms with Gasteiger partial charge in [0.1, 0.15) is 35.2 Å². The molecule has 1 saturated heterocycles. The van der Waals surface area contributed by atoms with E-state index < -0.39 is 59.1 Å². The van der Waals surface area contributed by atoms with Crippen LogP contribution in [0.15, 0.2) is 67.8 Å². The molecule has 1 heterocycles. The maximum Gasteiger partial charge on any atom is 0.330 e. The lowest BCUT2D eigenvalue weighted by Gasteiger charge is -2.58. The Morgan fingerprint density at radius 1 is 0.814 bits per heavy atom. The second-order valence-electron chi connectivity index (χ2n) is 12.2. The monoisotopic (exact) mass is 588 g/mol. The van der Waals surface area contributed by atoms with Crippen molar-refractivity contribution in [1.82, 2.24) is 0 Å². The van der Waals surface area contributed by atoms with E-state index >= 15 is 0 Å². The van der Waals surface area contributed by atoms with Crippen molar-refractivity contribution in [3.63, 3.8) is 0 Å². The molecule has 1 fully saturated rings. The Kier molecular flexibility index (Phi) is 7.69. The number of hydrogen-bond donors (Lipinski definition) is 0. The minimum Gasteiger partial charge on any atom is -0.457 e. The van der Waals surface area contributed by atoms with E-state index in [1.54, 1.807) is 13.8 Å². The van der Waals surface area contributed by atoms with Crippen molar-refractivity contribution in [2.75, 3.05) is 13.2 Å². The van der Waals surface area contributed by atoms with Crippen LogP contribution in [0.4, 0.5) is 0 Å². The van der Waals surface area contributed by atoms with Gasteiger partial charge in [-0.3, -0.25) is 9.59 Å². The van der Waals surface area contributed by atoms with Crippen molar-refractivity contribution in [3.8, 4) is 0 Å². The van der Waals surface area contributed by atoms with E-state index in [2.05, 4.69) is 33.9 Å². The van der Waals surface area contributed by atoms with Crippen molar-refractivity contribution in [1.29, 1.82) is 0 Å². The van der Waals surface area contributed by atoms with Crippen LogP contribution in [-0.4, -0.2) is 49.3 Å². The highest BCUT2D eigenvalue weighted by Gasteiger charge is 2.75. The number of esters is 4. The van der Waals surface area contributed by atoms with Gasteiger partial charge in [-0.2, -0.15) is 0 Å². The average molecular weight is 589 g/mol. The molecule has 4 aliphatic rings. The highest BCUT2D eigenvalue weighted by atomic mass is 16.6. The van der Waals surface area contributed by atoms with E-state index in [1.807, 2.05) is 42.5 Å². The zero-order valence-electron chi connectivity index (χ0n) is 25.0. The molecule has 1 aliphatic heterocycles. The van der Waals surface area contributed by atoms with Gasteiger partial charge in [-0.05, 0) is 47.1 Å². The molecule has 0 spiro atoms. The number of cyclic esters (lactones) is 2. The smallest absolute Gasteiger partial charge is 0.330 e. The third-order valence-electron chi connectivity index (χ3n) is 8.39. The van der Waals surface area contributed by atoms with Gasteiger partial charge in [0, 0.05) is 12.2 Å². The van der Waals surface area contributed by atoms with Gasteiger partial charge in [-0.1, -0.05) is 76.4 Å². The second kappa shape index (κ2) is 10.9. The number of rotatable bonds is 10. The van der Waals surface area contributed by atoms with Gasteiger partial charge >= 0.3 is 23.9 Å². The lowest BCUT2D eigenvalue weighted by Crippen LogP contribution is -2.63. The second-order valence-corrected chi connectivity index (χ2v) is 12.2. The molecule has 6 unspecified atom stereocenters. The number of hydrogen-bond acceptors (Lipinski definition) is 9. The first-order chi connectivity index (χ1) is 20.3. The van der Waals surface area contributed by atoms with Crippen LogP contribution < -0.4 is 0 Å². The molecule has 226 valence electrons. The zero-order chi connectivity index (χ0) is 31.3. The molecular formula is C34H36O9. The highest BCUT2D eigenvalue weighted by Crippen LogP contribution is 2.67. The van der Waals surface area contributed by atoms with Gasteiger partial charge in [0.05, 0.1) is 13.2 Å². The Balaban J connectivity index is 1.75. The predicted molar refractivity (Wildman–Crippen MR) is 155 cm³/mol. The minimum absolute atomic E-state index is 0.0819. The first-order valence-corrected chi connectivity index (χ1v) is 14.3. The van der Waals surface area contributed by atoms with Crippen LogP contribution in [0.5, 0.6) is 0 Å². The maximum atomic E-state index is 13.7. The van der Waals surface area contributed by atoms with Crippen LogP contribution >= 0.6 is 0 Å². The predicted octanol–water partition coefficient (Wildman–Crippen LogP) is 4.38. The quantitative estimate of drug-likeness (QED) is 0.173. The zero-order valence-corrected chi connectivity index (χ0v) is 25.0. The van der Waals surface area contributed by atoms with E-state index in [1.165, 1.54) is 0 Å². The Morgan fingerprint density at radius 2 is 1.26 bits per heavy atom. The lowest BCUT2D eigenvalue weighted by atomic mass is 9.49. The molecule has 0 saturated carbocycles. The largest absolute Gasteiger partial charge is 0.457 e. The van der Waals surface area contributed by atoms with E-state index in [0.29, 0.717) is 22.3 Å². The number of carbonyl (C=O) groups excluding carboxylic acids is 4. The standard InChI is InChI=1S/C34H36O9/c1-8-26(35)41-19(3)17-39-33-22-12-10-11-13-23(22)34(29-28(33)30(37)43-31(29)38,40-18-20(4)42-27(36)9-2)25-16-21(32(5,6)7)14-15-24(25)33/h8-16,19-20,28-29H,1-2,17-18H2,3-7H3. The summed E-state index contributed by atoms with van der Waals surface area (Å²) in [7, 11) is 0. The first kappa shape index (κ1) is 30.4. The van der Waals surface area contributed by atoms with Gasteiger partial charge in [-0.15, -0.1) is 0 Å². The fourth-order valence-electron chi connectivity index (χ4n) is 6.58. The Hall–Kier alpha value is -4.08. The van der Waals surface area contributed by atoms with E-state index in [4.69, 9.17) is 23.7 Å². The van der Waals surface area contributed by atoms with Crippen LogP contribution in [-0.2, 0) is 59.5 Å². The number of ether oxygens (including phenoxy) is 5. The molecule has 3 aliphatic carbocycles. The van der Waals surface area contributed by atoms with E-state index in [-0.39, 0.29) is 18.6 Å². The molecule has 2 aromatic rings. The van der Waals surface area contributed by atoms with Crippen LogP contribution in [0.25, 0.3) is 0 Å². The fourth-order valence-corrected chi connectivity index (χ4v) is 6.58. The van der Waals surface area contributed by atoms with Crippen LogP contribution in [0, 0.1) is 11.8 Å². The van der Waals surface area contributed by atoms with E-state index in [0.717, 1.165) is 17.7 Å². The summed E-state index contributed by atoms with van der Waals surface area (Å²) < 4.78 is 29.6. The summed E-state index contributed by atoms with van der Waals surface area (Å²) in [5, 5.41) is 0. The molecule has 0 N–H and O–H groups in total. The summed E-state index contributed by atoms with van der Waals surface area (Å²) in [4.78, 5) is 51.2. The molecule has 2 bridgehead atoms. The van der Waals surface area contributed by atoms with Crippen molar-refractivity contribution >= 4 is 23.9 Å². The molecule has 9 nitrogen and oxygen atoms in total. The number of benzene rings is 2. The molecular weight excluding hydrogens is 552 g/mol. The topological polar surface area (TPSA) is 114 Å². The molecule has 2 aromatic carbocycles. The molecule has 6 atom stereocenters. The molecule has 0 amide bonds. The van der Waals surface area contributed by atoms with Crippen LogP contribution in [0.3, 0.4) is 0 Å². The molecule has 43 heavy (non-hydrogen) atoms. The third kappa shape index (κ3) is 4.71. The molecule has 0 radical (unpaired) electrons. The SMILES string of the molecule is C=CC(=O)OC(C)COC12c3ccccc3C(OCC(C)OC(=O)C=C)(c3cc(C(C)(C)C)ccc31)C1C(=O)OC(=O)C12. The van der Waals surface area contributed by atoms with Gasteiger partial charge in [-0.25, -0.2) is 9.59 Å². The summed E-state index contributed by atoms with van der Waals surface area (Å²) >= 11 is 0. The Bertz CT molecular complexity index is 1520. The first-order valence-electron chi connectivity index (χ1n) is 14.3. The number of carbonyl (C=O) groups is 4. The van der Waals surface area contributed by atoms with Crippen molar-refractivity contribution in [3.05, 3.63) is 95.6 Å². The van der Waals surface area contributed by atoms with E-state index in [9.17, 15) is 19.2 Å². The summed E-state index contributed by atoms with van der Waals surface area (Å²) in [6, 6.07) is 13.3. The van der Waals surface area contributed by atoms with Gasteiger partial charge < -0.3 is 23.7 Å². The average Bonchev–Trinajstić information content (AvgIpc) is 3.29. The van der Waals surface area contributed by atoms with Crippen molar-refractivity contribution in [2.24, 2.45) is 11.8 Å². The normalized spacial score (nSPS) is 26.3. The Labute approximate surface area is 250 Å². The Morgan fingerprint density at radius 3 is 1.70 bits per heavy atom. The maximum absolute atomic E-state index is 13.7. The van der Waals surface area contributed by atoms with Crippen molar-refractivity contribution in [2.45, 2.75) is 63.4 Å². The fraction of sp³-hybridized carbons (Fsp3) is 0.412. The van der Waals surface area contributed by atoms with Gasteiger partial charge in [0.15, 0.2) is 0 Å². The highest BCUT2D eigenvalue weighted by molar-refractivity contribution is 6.01. The van der Waals surface area contributed by atoms with Crippen LogP contribution in [0.2, 0.25) is 0 Å². The molecule has 9 heteroatoms. The summed E-state index contributed by atoms with van der Waals surface area (Å²) in [6.07, 6.45) is 0.744. The van der Waals surface area contributed by atoms with Crippen molar-refractivity contribution < 1.29 is 42.9 Å². The molecule has 0 aromatic heterocycles. The minimum atomic E-state index is -1.46. The summed E-state index contributed by atoms with van der Waals surface area (Å²) in [5.74, 6) is -4.88. The molecule has 6 rings (SSSR count). The van der Waals surface area contributed by atoms with Gasteiger partial charge in [0.25, 0.3) is 0 Å².